The van der Waals surface area contributed by atoms with Gasteiger partial charge in [-0.3, -0.25) is 9.59 Å². The van der Waals surface area contributed by atoms with Crippen LogP contribution < -0.4 is 0 Å². The van der Waals surface area contributed by atoms with E-state index in [1.54, 1.807) is 0 Å². The number of carbonyl (C=O) groups is 2. The second kappa shape index (κ2) is 59.6. The number of carbonyl (C=O) groups excluding carboxylic acids is 2. The summed E-state index contributed by atoms with van der Waals surface area (Å²) < 4.78 is 71.0. The molecule has 0 saturated heterocycles. The highest BCUT2D eigenvalue weighted by Crippen LogP contribution is 2.14. The van der Waals surface area contributed by atoms with E-state index in [9.17, 15) is 9.59 Å². The molecule has 0 aromatic rings. The summed E-state index contributed by atoms with van der Waals surface area (Å²) in [6.07, 6.45) is 27.6. The number of esters is 2. The van der Waals surface area contributed by atoms with E-state index in [1.165, 1.54) is 109 Å². The first-order valence-corrected chi connectivity index (χ1v) is 26.4. The number of hydrogen-bond donors (Lipinski definition) is 0. The predicted octanol–water partition coefficient (Wildman–Crippen LogP) is 9.27. The molecule has 0 amide bonds. The molecule has 15 nitrogen and oxygen atoms in total. The van der Waals surface area contributed by atoms with Crippen LogP contribution in [0.1, 0.15) is 162 Å². The van der Waals surface area contributed by atoms with Crippen LogP contribution in [0.4, 0.5) is 0 Å². The summed E-state index contributed by atoms with van der Waals surface area (Å²) in [6, 6.07) is 0. The molecule has 394 valence electrons. The summed E-state index contributed by atoms with van der Waals surface area (Å²) in [4.78, 5) is 23.6. The minimum atomic E-state index is -0.146. The fraction of sp³-hybridized carbons (Fsp3) is 0.961. The van der Waals surface area contributed by atoms with E-state index < -0.39 is 0 Å². The zero-order chi connectivity index (χ0) is 47.6. The van der Waals surface area contributed by atoms with Gasteiger partial charge in [-0.2, -0.15) is 0 Å². The van der Waals surface area contributed by atoms with E-state index in [4.69, 9.17) is 61.6 Å². The highest BCUT2D eigenvalue weighted by molar-refractivity contribution is 5.69. The maximum atomic E-state index is 11.9. The Labute approximate surface area is 402 Å². The summed E-state index contributed by atoms with van der Waals surface area (Å²) in [5.74, 6) is -0.279. The van der Waals surface area contributed by atoms with Crippen molar-refractivity contribution in [3.8, 4) is 0 Å². The van der Waals surface area contributed by atoms with Gasteiger partial charge in [0.05, 0.1) is 145 Å². The van der Waals surface area contributed by atoms with Crippen LogP contribution in [0.3, 0.4) is 0 Å². The molecule has 0 radical (unpaired) electrons. The van der Waals surface area contributed by atoms with Crippen molar-refractivity contribution in [2.24, 2.45) is 0 Å². The number of unbranched alkanes of at least 4 members (excludes halogenated alkanes) is 19. The molecule has 0 rings (SSSR count). The molecule has 0 unspecified atom stereocenters. The van der Waals surface area contributed by atoms with Crippen molar-refractivity contribution in [3.63, 3.8) is 0 Å². The van der Waals surface area contributed by atoms with Crippen molar-refractivity contribution in [1.29, 1.82) is 0 Å². The summed E-state index contributed by atoms with van der Waals surface area (Å²) in [5, 5.41) is 0. The molecule has 0 N–H and O–H groups in total. The van der Waals surface area contributed by atoms with Crippen LogP contribution in [0.15, 0.2) is 0 Å². The normalized spacial score (nSPS) is 11.5. The van der Waals surface area contributed by atoms with E-state index in [1.807, 2.05) is 0 Å². The second-order valence-electron chi connectivity index (χ2n) is 16.4. The summed E-state index contributed by atoms with van der Waals surface area (Å²) >= 11 is 0. The first-order chi connectivity index (χ1) is 32.7. The minimum Gasteiger partial charge on any atom is -0.463 e. The standard InChI is InChI=1S/C51H100O15/c1-3-5-7-9-11-12-13-14-15-16-17-18-19-21-23-25-51(53)66-49-47-64-45-43-62-41-39-60-37-35-58-33-31-56-29-27-54-26-28-55-30-32-57-34-36-59-38-40-61-42-44-63-46-48-65-50(52)24-22-20-10-8-6-4-2/h3-49H2,1-2H3. The van der Waals surface area contributed by atoms with Crippen LogP contribution in [0.2, 0.25) is 0 Å². The van der Waals surface area contributed by atoms with Gasteiger partial charge in [0.15, 0.2) is 0 Å². The van der Waals surface area contributed by atoms with Crippen LogP contribution in [0.5, 0.6) is 0 Å². The van der Waals surface area contributed by atoms with Gasteiger partial charge in [0.1, 0.15) is 13.2 Å². The average molecular weight is 953 g/mol. The van der Waals surface area contributed by atoms with Crippen LogP contribution in [-0.2, 0) is 71.2 Å². The van der Waals surface area contributed by atoms with Gasteiger partial charge in [0.2, 0.25) is 0 Å². The summed E-state index contributed by atoms with van der Waals surface area (Å²) in [7, 11) is 0. The molecule has 0 spiro atoms. The molecule has 0 aliphatic heterocycles. The van der Waals surface area contributed by atoms with Gasteiger partial charge in [-0.05, 0) is 12.8 Å². The molecule has 15 heteroatoms. The highest BCUT2D eigenvalue weighted by Gasteiger charge is 2.05. The second-order valence-corrected chi connectivity index (χ2v) is 16.4. The molecule has 0 heterocycles. The Hall–Kier alpha value is -1.50. The number of rotatable bonds is 59. The van der Waals surface area contributed by atoms with Gasteiger partial charge in [0, 0.05) is 12.8 Å². The smallest absolute Gasteiger partial charge is 0.305 e. The molecule has 0 saturated carbocycles. The van der Waals surface area contributed by atoms with Crippen molar-refractivity contribution in [2.45, 2.75) is 162 Å². The molecule has 0 aromatic heterocycles. The molecule has 0 atom stereocenters. The zero-order valence-corrected chi connectivity index (χ0v) is 42.4. The number of hydrogen-bond acceptors (Lipinski definition) is 15. The molecular formula is C51H100O15. The minimum absolute atomic E-state index is 0.133. The van der Waals surface area contributed by atoms with Crippen LogP contribution in [0.25, 0.3) is 0 Å². The van der Waals surface area contributed by atoms with Crippen LogP contribution in [-0.4, -0.2) is 171 Å². The quantitative estimate of drug-likeness (QED) is 0.0420. The maximum Gasteiger partial charge on any atom is 0.305 e. The Kier molecular flexibility index (Phi) is 58.3. The lowest BCUT2D eigenvalue weighted by Gasteiger charge is -2.09. The molecular weight excluding hydrogens is 853 g/mol. The Morgan fingerprint density at radius 1 is 0.212 bits per heavy atom. The van der Waals surface area contributed by atoms with Crippen molar-refractivity contribution >= 4 is 11.9 Å². The zero-order valence-electron chi connectivity index (χ0n) is 42.4. The molecule has 0 bridgehead atoms. The van der Waals surface area contributed by atoms with E-state index in [0.717, 1.165) is 25.7 Å². The lowest BCUT2D eigenvalue weighted by atomic mass is 10.0. The lowest BCUT2D eigenvalue weighted by Crippen LogP contribution is -2.16. The van der Waals surface area contributed by atoms with Gasteiger partial charge in [0.25, 0.3) is 0 Å². The molecule has 0 aromatic carbocycles. The van der Waals surface area contributed by atoms with Crippen molar-refractivity contribution in [3.05, 3.63) is 0 Å². The molecule has 0 aliphatic carbocycles. The largest absolute Gasteiger partial charge is 0.463 e. The van der Waals surface area contributed by atoms with Crippen molar-refractivity contribution in [2.75, 3.05) is 159 Å². The predicted molar refractivity (Wildman–Crippen MR) is 258 cm³/mol. The fourth-order valence-electron chi connectivity index (χ4n) is 6.56. The summed E-state index contributed by atoms with van der Waals surface area (Å²) in [5.41, 5.74) is 0. The average Bonchev–Trinajstić information content (AvgIpc) is 3.32. The van der Waals surface area contributed by atoms with Crippen molar-refractivity contribution in [1.82, 2.24) is 0 Å². The van der Waals surface area contributed by atoms with Gasteiger partial charge in [-0.15, -0.1) is 0 Å². The topological polar surface area (TPSA) is 154 Å². The summed E-state index contributed by atoms with van der Waals surface area (Å²) in [6.45, 7) is 15.4. The Morgan fingerprint density at radius 2 is 0.364 bits per heavy atom. The molecule has 66 heavy (non-hydrogen) atoms. The van der Waals surface area contributed by atoms with Crippen LogP contribution in [0, 0.1) is 0 Å². The Morgan fingerprint density at radius 3 is 0.545 bits per heavy atom. The maximum absolute atomic E-state index is 11.9. The molecule has 0 fully saturated rings. The monoisotopic (exact) mass is 953 g/mol. The fourth-order valence-corrected chi connectivity index (χ4v) is 6.56. The Balaban J connectivity index is 3.15. The van der Waals surface area contributed by atoms with E-state index in [2.05, 4.69) is 13.8 Å². The first-order valence-electron chi connectivity index (χ1n) is 26.4. The van der Waals surface area contributed by atoms with Gasteiger partial charge in [-0.1, -0.05) is 136 Å². The van der Waals surface area contributed by atoms with E-state index in [-0.39, 0.29) is 25.2 Å². The van der Waals surface area contributed by atoms with Gasteiger partial charge in [-0.25, -0.2) is 0 Å². The first kappa shape index (κ1) is 64.5. The van der Waals surface area contributed by atoms with Gasteiger partial charge >= 0.3 is 11.9 Å². The third-order valence-corrected chi connectivity index (χ3v) is 10.4. The third-order valence-electron chi connectivity index (χ3n) is 10.4. The Bertz CT molecular complexity index is 932. The van der Waals surface area contributed by atoms with E-state index in [0.29, 0.717) is 158 Å². The third kappa shape index (κ3) is 58.6. The van der Waals surface area contributed by atoms with Crippen molar-refractivity contribution < 1.29 is 71.2 Å². The molecule has 0 aliphatic rings. The van der Waals surface area contributed by atoms with E-state index >= 15 is 0 Å². The van der Waals surface area contributed by atoms with Gasteiger partial charge < -0.3 is 61.6 Å². The van der Waals surface area contributed by atoms with Crippen LogP contribution >= 0.6 is 0 Å². The number of ether oxygens (including phenoxy) is 13. The SMILES string of the molecule is CCCCCCCCCCCCCCCCCC(=O)OCCOCCOCCOCCOCCOCCOCCOCCOCCOCCOCCOCCOC(=O)CCCCCCCC. The highest BCUT2D eigenvalue weighted by atomic mass is 16.6. The lowest BCUT2D eigenvalue weighted by molar-refractivity contribution is -0.146.